The number of aliphatic hydroxyl groups is 3. The van der Waals surface area contributed by atoms with Gasteiger partial charge in [0.05, 0.1) is 17.8 Å². The van der Waals surface area contributed by atoms with Crippen LogP contribution >= 0.6 is 0 Å². The zero-order valence-corrected chi connectivity index (χ0v) is 27.3. The third kappa shape index (κ3) is 4.16. The summed E-state index contributed by atoms with van der Waals surface area (Å²) in [5, 5.41) is 34.9. The first kappa shape index (κ1) is 32.6. The monoisotopic (exact) mass is 648 g/mol. The predicted octanol–water partition coefficient (Wildman–Crippen LogP) is 3.70. The Morgan fingerprint density at radius 2 is 1.79 bits per heavy atom. The van der Waals surface area contributed by atoms with E-state index in [4.69, 9.17) is 23.7 Å². The third-order valence-corrected chi connectivity index (χ3v) is 11.5. The van der Waals surface area contributed by atoms with Crippen LogP contribution in [0.25, 0.3) is 0 Å². The second kappa shape index (κ2) is 11.0. The van der Waals surface area contributed by atoms with Gasteiger partial charge in [0.1, 0.15) is 30.0 Å². The van der Waals surface area contributed by atoms with Crippen LogP contribution in [-0.4, -0.2) is 86.5 Å². The Bertz CT molecular complexity index is 1570. The summed E-state index contributed by atoms with van der Waals surface area (Å²) in [6, 6.07) is 8.60. The van der Waals surface area contributed by atoms with Crippen LogP contribution in [0.4, 0.5) is 0 Å². The van der Waals surface area contributed by atoms with E-state index in [0.717, 1.165) is 12.8 Å². The number of unbranched alkanes of at least 4 members (excludes halogenated alkanes) is 1. The van der Waals surface area contributed by atoms with Crippen LogP contribution < -0.4 is 0 Å². The zero-order chi connectivity index (χ0) is 33.6. The predicted molar refractivity (Wildman–Crippen MR) is 169 cm³/mol. The quantitative estimate of drug-likeness (QED) is 0.149. The molecule has 0 aromatic heterocycles. The normalized spacial score (nSPS) is 45.8. The number of allylic oxidation sites excluding steroid dienone is 4. The van der Waals surface area contributed by atoms with Crippen molar-refractivity contribution in [1.29, 1.82) is 0 Å². The molecule has 3 aliphatic heterocycles. The highest BCUT2D eigenvalue weighted by Gasteiger charge is 2.90. The van der Waals surface area contributed by atoms with Gasteiger partial charge in [-0.1, -0.05) is 75.4 Å². The number of benzene rings is 1. The Labute approximate surface area is 274 Å². The molecule has 3 saturated heterocycles. The lowest BCUT2D eigenvalue weighted by molar-refractivity contribution is -0.431. The van der Waals surface area contributed by atoms with Gasteiger partial charge in [-0.2, -0.15) is 0 Å². The average Bonchev–Trinajstić information content (AvgIpc) is 3.69. The van der Waals surface area contributed by atoms with Crippen molar-refractivity contribution in [2.24, 2.45) is 17.8 Å². The van der Waals surface area contributed by atoms with Crippen LogP contribution in [-0.2, 0) is 28.5 Å². The molecule has 7 rings (SSSR count). The van der Waals surface area contributed by atoms with E-state index >= 15 is 0 Å². The fourth-order valence-corrected chi connectivity index (χ4v) is 9.27. The summed E-state index contributed by atoms with van der Waals surface area (Å²) in [5.41, 5.74) is -5.87. The first-order valence-corrected chi connectivity index (χ1v) is 16.6. The lowest BCUT2D eigenvalue weighted by atomic mass is 9.53. The minimum atomic E-state index is -2.40. The van der Waals surface area contributed by atoms with Gasteiger partial charge in [0.15, 0.2) is 17.0 Å². The molecular weight excluding hydrogens is 604 g/mol. The second-order valence-electron chi connectivity index (χ2n) is 14.1. The molecule has 252 valence electrons. The maximum absolute atomic E-state index is 13.8. The Hall–Kier alpha value is -2.96. The molecule has 3 N–H and O–H groups in total. The maximum atomic E-state index is 13.8. The number of carbonyl (C=O) groups excluding carboxylic acids is 2. The Morgan fingerprint density at radius 1 is 1.09 bits per heavy atom. The summed E-state index contributed by atoms with van der Waals surface area (Å²) >= 11 is 0. The summed E-state index contributed by atoms with van der Waals surface area (Å²) in [5.74, 6) is -5.57. The van der Waals surface area contributed by atoms with Gasteiger partial charge < -0.3 is 39.0 Å². The second-order valence-corrected chi connectivity index (χ2v) is 14.1. The van der Waals surface area contributed by atoms with E-state index in [1.165, 1.54) is 0 Å². The van der Waals surface area contributed by atoms with Crippen LogP contribution in [0.2, 0.25) is 0 Å². The molecule has 12 atom stereocenters. The molecule has 1 aromatic rings. The van der Waals surface area contributed by atoms with E-state index in [1.807, 2.05) is 25.2 Å². The third-order valence-electron chi connectivity index (χ3n) is 11.5. The van der Waals surface area contributed by atoms with Gasteiger partial charge >= 0.3 is 5.97 Å². The van der Waals surface area contributed by atoms with Crippen molar-refractivity contribution in [3.63, 3.8) is 0 Å². The fourth-order valence-electron chi connectivity index (χ4n) is 9.27. The minimum absolute atomic E-state index is 0.234. The van der Waals surface area contributed by atoms with Crippen molar-refractivity contribution < 1.29 is 48.6 Å². The highest BCUT2D eigenvalue weighted by Crippen LogP contribution is 2.73. The van der Waals surface area contributed by atoms with E-state index in [2.05, 4.69) is 19.6 Å². The van der Waals surface area contributed by atoms with Gasteiger partial charge in [-0.15, -0.1) is 0 Å². The molecule has 3 aliphatic carbocycles. The van der Waals surface area contributed by atoms with Crippen LogP contribution in [0.1, 0.15) is 63.7 Å². The Morgan fingerprint density at radius 3 is 2.45 bits per heavy atom. The van der Waals surface area contributed by atoms with Gasteiger partial charge in [0.2, 0.25) is 0 Å². The van der Waals surface area contributed by atoms with Crippen molar-refractivity contribution in [2.75, 3.05) is 6.61 Å². The molecule has 1 aromatic carbocycles. The fraction of sp³-hybridized carbons (Fsp3) is 0.568. The van der Waals surface area contributed by atoms with Crippen LogP contribution in [0.5, 0.6) is 0 Å². The van der Waals surface area contributed by atoms with Crippen molar-refractivity contribution in [2.45, 2.75) is 106 Å². The number of carbonyl (C=O) groups is 2. The highest BCUT2D eigenvalue weighted by molar-refractivity contribution is 6.05. The van der Waals surface area contributed by atoms with Crippen LogP contribution in [0.3, 0.4) is 0 Å². The van der Waals surface area contributed by atoms with Crippen molar-refractivity contribution in [3.8, 4) is 0 Å². The standard InChI is InChI=1S/C37H44O10/c1-6-7-8-9-10-11-15-18-34-45-30-26-29-33(20-38,44-29)32(41)35(42)25(19-22(4)27(35)39)37(26,47-34)23(5)28(36(30,46-34)21(2)3)43-31(40)24-16-13-12-14-17-24/h8-14,16-17,19,23,25-26,28-30,32,38,41-42H,2,6-7,15,18,20H2,1,3-5H3/t23-,25-,26-,28-,29-,30+,32-,33+,34-,35+,36+,37+/m1/s1. The van der Waals surface area contributed by atoms with Gasteiger partial charge in [-0.3, -0.25) is 4.79 Å². The molecule has 0 amide bonds. The molecule has 10 nitrogen and oxygen atoms in total. The zero-order valence-electron chi connectivity index (χ0n) is 27.3. The molecule has 10 heteroatoms. The molecule has 0 unspecified atom stereocenters. The summed E-state index contributed by atoms with van der Waals surface area (Å²) in [7, 11) is 0. The van der Waals surface area contributed by atoms with Gasteiger partial charge in [-0.05, 0) is 50.0 Å². The summed E-state index contributed by atoms with van der Waals surface area (Å²) in [6.07, 6.45) is 7.81. The highest BCUT2D eigenvalue weighted by atomic mass is 16.9. The minimum Gasteiger partial charge on any atom is -0.455 e. The molecule has 2 saturated carbocycles. The van der Waals surface area contributed by atoms with E-state index in [-0.39, 0.29) is 12.0 Å². The number of rotatable bonds is 10. The van der Waals surface area contributed by atoms with Gasteiger partial charge in [0, 0.05) is 24.2 Å². The topological polar surface area (TPSA) is 144 Å². The molecule has 6 aliphatic rings. The maximum Gasteiger partial charge on any atom is 0.338 e. The molecule has 47 heavy (non-hydrogen) atoms. The smallest absolute Gasteiger partial charge is 0.338 e. The number of ether oxygens (including phenoxy) is 5. The number of hydrogen-bond donors (Lipinski definition) is 3. The molecule has 3 heterocycles. The first-order valence-electron chi connectivity index (χ1n) is 16.6. The average molecular weight is 649 g/mol. The van der Waals surface area contributed by atoms with Crippen molar-refractivity contribution >= 4 is 11.8 Å². The Balaban J connectivity index is 1.40. The van der Waals surface area contributed by atoms with Crippen LogP contribution in [0, 0.1) is 17.8 Å². The molecular formula is C37H44O10. The number of esters is 1. The molecule has 5 fully saturated rings. The van der Waals surface area contributed by atoms with E-state index in [1.54, 1.807) is 50.3 Å². The lowest BCUT2D eigenvalue weighted by Crippen LogP contribution is -2.76. The number of ketones is 1. The van der Waals surface area contributed by atoms with Gasteiger partial charge in [0.25, 0.3) is 5.97 Å². The summed E-state index contributed by atoms with van der Waals surface area (Å²) < 4.78 is 33.4. The largest absolute Gasteiger partial charge is 0.455 e. The number of epoxide rings is 1. The molecule has 0 radical (unpaired) electrons. The number of aliphatic hydroxyl groups excluding tert-OH is 2. The van der Waals surface area contributed by atoms with Crippen molar-refractivity contribution in [1.82, 2.24) is 0 Å². The van der Waals surface area contributed by atoms with E-state index in [0.29, 0.717) is 17.6 Å². The SMILES string of the molecule is C=C(C)[C@@]12O[C@@]3(CCC=CC=CCCC)O[C@H]1[C@H]1[C@H]4O[C@]4(CO)[C@@H](O)[C@@]4(O)C(=O)C(C)=C[C@H]4[C@@]1(O3)[C@H](C)[C@H]2OC(=O)c1ccccc1. The molecule has 3 bridgehead atoms. The first-order chi connectivity index (χ1) is 22.4. The van der Waals surface area contributed by atoms with E-state index in [9.17, 15) is 24.9 Å². The van der Waals surface area contributed by atoms with Gasteiger partial charge in [-0.25, -0.2) is 4.79 Å². The summed E-state index contributed by atoms with van der Waals surface area (Å²) in [6.45, 7) is 11.0. The number of Topliss-reactive ketones (excluding diaryl/α,β-unsaturated/α-hetero) is 1. The Kier molecular flexibility index (Phi) is 7.65. The van der Waals surface area contributed by atoms with Crippen molar-refractivity contribution in [3.05, 3.63) is 84.0 Å². The summed E-state index contributed by atoms with van der Waals surface area (Å²) in [4.78, 5) is 27.6. The molecule has 0 spiro atoms. The lowest BCUT2D eigenvalue weighted by Gasteiger charge is -2.61. The van der Waals surface area contributed by atoms with E-state index < -0.39 is 88.9 Å². The van der Waals surface area contributed by atoms with Crippen LogP contribution in [0.15, 0.2) is 78.4 Å². The number of fused-ring (bicyclic) bond motifs is 3. The number of hydrogen-bond acceptors (Lipinski definition) is 10.